The largest absolute Gasteiger partial charge is 1.00 e. The van der Waals surface area contributed by atoms with Crippen molar-refractivity contribution in [2.45, 2.75) is 98.2 Å². The van der Waals surface area contributed by atoms with Crippen LogP contribution in [0, 0.1) is 0 Å². The van der Waals surface area contributed by atoms with E-state index >= 15 is 0 Å². The van der Waals surface area contributed by atoms with Crippen LogP contribution >= 0.6 is 0 Å². The van der Waals surface area contributed by atoms with Crippen LogP contribution in [0.4, 0.5) is 0 Å². The molecule has 0 unspecified atom stereocenters. The summed E-state index contributed by atoms with van der Waals surface area (Å²) in [5.74, 6) is 0. The van der Waals surface area contributed by atoms with Crippen LogP contribution in [-0.4, -0.2) is 51.5 Å². The fourth-order valence-electron chi connectivity index (χ4n) is 3.47. The van der Waals surface area contributed by atoms with E-state index in [1.54, 1.807) is 0 Å². The van der Waals surface area contributed by atoms with Crippen molar-refractivity contribution in [1.82, 2.24) is 0 Å². The summed E-state index contributed by atoms with van der Waals surface area (Å²) in [5, 5.41) is 0. The minimum atomic E-state index is -1.09. The monoisotopic (exact) mass is 460 g/mol. The summed E-state index contributed by atoms with van der Waals surface area (Å²) in [6, 6.07) is 0. The second kappa shape index (κ2) is 8.26. The van der Waals surface area contributed by atoms with Gasteiger partial charge in [-0.15, -0.1) is 21.3 Å². The van der Waals surface area contributed by atoms with Crippen LogP contribution in [0.25, 0.3) is 0 Å². The molecule has 0 atom stereocenters. The Morgan fingerprint density at radius 1 is 0.348 bits per heavy atom. The van der Waals surface area contributed by atoms with Crippen molar-refractivity contribution < 1.29 is 51.4 Å². The van der Waals surface area contributed by atoms with Crippen LogP contribution in [0.3, 0.4) is 0 Å². The van der Waals surface area contributed by atoms with Crippen LogP contribution in [0.2, 0.25) is 98.2 Å². The Morgan fingerprint density at radius 3 is 0.565 bits per heavy atom. The van der Waals surface area contributed by atoms with E-state index in [9.17, 15) is 0 Å². The number of hydrogen-bond acceptors (Lipinski definition) is 0. The maximum absolute atomic E-state index is 2.86. The van der Waals surface area contributed by atoms with E-state index in [4.69, 9.17) is 0 Å². The van der Waals surface area contributed by atoms with Gasteiger partial charge in [-0.1, -0.05) is 98.2 Å². The van der Waals surface area contributed by atoms with Crippen molar-refractivity contribution in [2.24, 2.45) is 0 Å². The van der Waals surface area contributed by atoms with Gasteiger partial charge in [-0.25, -0.2) is 0 Å². The van der Waals surface area contributed by atoms with Crippen LogP contribution in [-0.2, 0) is 0 Å². The van der Waals surface area contributed by atoms with Crippen LogP contribution in [0.1, 0.15) is 0 Å². The van der Waals surface area contributed by atoms with Crippen molar-refractivity contribution in [2.75, 3.05) is 0 Å². The van der Waals surface area contributed by atoms with Crippen LogP contribution in [0.15, 0.2) is 0 Å². The molecule has 0 aliphatic carbocycles. The molecule has 0 aromatic carbocycles. The van der Waals surface area contributed by atoms with E-state index in [1.165, 1.54) is 0 Å². The van der Waals surface area contributed by atoms with E-state index < -0.39 is 44.1 Å². The third kappa shape index (κ3) is 5.82. The third-order valence-electron chi connectivity index (χ3n) is 7.50. The van der Waals surface area contributed by atoms with E-state index in [0.29, 0.717) is 0 Å². The molecule has 0 aliphatic rings. The molecular formula is C15H45KSi7. The SMILES string of the molecule is C[Si](C)(C)[Si](C)(C)[Si-]([Si](C)(C)[Si](C)(C)C)[Si](C)(C)[Si](C)(C)C.[K+]. The minimum Gasteiger partial charge on any atom is -0.258 e. The average molecular weight is 461 g/mol. The van der Waals surface area contributed by atoms with Crippen molar-refractivity contribution >= 4 is 51.5 Å². The zero-order chi connectivity index (χ0) is 18.6. The maximum Gasteiger partial charge on any atom is 1.00 e. The van der Waals surface area contributed by atoms with Gasteiger partial charge in [-0.2, -0.15) is 0 Å². The van der Waals surface area contributed by atoms with E-state index in [0.717, 1.165) is 0 Å². The molecule has 0 aromatic heterocycles. The Balaban J connectivity index is 0. The minimum absolute atomic E-state index is 0. The molecule has 23 heavy (non-hydrogen) atoms. The predicted octanol–water partition coefficient (Wildman–Crippen LogP) is 3.10. The maximum atomic E-state index is 2.86. The van der Waals surface area contributed by atoms with Gasteiger partial charge >= 0.3 is 51.4 Å². The molecule has 0 radical (unpaired) electrons. The summed E-state index contributed by atoms with van der Waals surface area (Å²) >= 11 is 0. The van der Waals surface area contributed by atoms with Crippen LogP contribution in [0.5, 0.6) is 0 Å². The molecule has 0 heterocycles. The van der Waals surface area contributed by atoms with Crippen molar-refractivity contribution in [1.29, 1.82) is 0 Å². The molecule has 0 spiro atoms. The molecule has 0 aliphatic heterocycles. The molecule has 0 saturated heterocycles. The van der Waals surface area contributed by atoms with Gasteiger partial charge < -0.3 is 0 Å². The van der Waals surface area contributed by atoms with E-state index in [1.807, 2.05) is 0 Å². The van der Waals surface area contributed by atoms with Gasteiger partial charge in [-0.05, 0) is 0 Å². The molecule has 0 rings (SSSR count). The molecule has 0 bridgehead atoms. The molecule has 134 valence electrons. The molecule has 0 N–H and O–H groups in total. The number of rotatable bonds is 6. The fourth-order valence-corrected chi connectivity index (χ4v) is 215. The Morgan fingerprint density at radius 2 is 0.478 bits per heavy atom. The zero-order valence-corrected chi connectivity index (χ0v) is 29.6. The topological polar surface area (TPSA) is 0 Å². The second-order valence-electron chi connectivity index (χ2n) is 12.0. The molecule has 8 heteroatoms. The molecule has 0 nitrogen and oxygen atoms in total. The van der Waals surface area contributed by atoms with Gasteiger partial charge in [0.25, 0.3) is 0 Å². The first kappa shape index (κ1) is 28.4. The first-order chi connectivity index (χ1) is 9.12. The summed E-state index contributed by atoms with van der Waals surface area (Å²) in [6.45, 7) is 41.6. The summed E-state index contributed by atoms with van der Waals surface area (Å²) in [6.07, 6.45) is 0. The summed E-state index contributed by atoms with van der Waals surface area (Å²) in [7, 11) is -6.50. The summed E-state index contributed by atoms with van der Waals surface area (Å²) in [5.41, 5.74) is 0. The van der Waals surface area contributed by atoms with Gasteiger partial charge in [0.15, 0.2) is 0 Å². The van der Waals surface area contributed by atoms with Crippen molar-refractivity contribution in [3.8, 4) is 0 Å². The predicted molar refractivity (Wildman–Crippen MR) is 128 cm³/mol. The molecular weight excluding hydrogens is 416 g/mol. The first-order valence-electron chi connectivity index (χ1n) is 9.00. The van der Waals surface area contributed by atoms with Crippen LogP contribution < -0.4 is 51.4 Å². The average Bonchev–Trinajstić information content (AvgIpc) is 2.09. The smallest absolute Gasteiger partial charge is 0.258 e. The molecule has 0 fully saturated rings. The Hall–Kier alpha value is 3.15. The van der Waals surface area contributed by atoms with Gasteiger partial charge in [0.1, 0.15) is 0 Å². The van der Waals surface area contributed by atoms with E-state index in [2.05, 4.69) is 98.2 Å². The van der Waals surface area contributed by atoms with Gasteiger partial charge in [0.2, 0.25) is 0 Å². The van der Waals surface area contributed by atoms with Crippen molar-refractivity contribution in [3.05, 3.63) is 0 Å². The van der Waals surface area contributed by atoms with Gasteiger partial charge in [0.05, 0.1) is 0 Å². The summed E-state index contributed by atoms with van der Waals surface area (Å²) in [4.78, 5) is 0. The molecule has 0 aromatic rings. The summed E-state index contributed by atoms with van der Waals surface area (Å²) < 4.78 is 0. The number of hydrogen-bond donors (Lipinski definition) is 0. The fraction of sp³-hybridized carbons (Fsp3) is 1.00. The van der Waals surface area contributed by atoms with Crippen molar-refractivity contribution in [3.63, 3.8) is 0 Å². The zero-order valence-electron chi connectivity index (χ0n) is 19.5. The Labute approximate surface area is 198 Å². The molecule has 0 saturated carbocycles. The van der Waals surface area contributed by atoms with Gasteiger partial charge in [0, 0.05) is 22.8 Å². The normalized spacial score (nSPS) is 15.7. The van der Waals surface area contributed by atoms with E-state index in [-0.39, 0.29) is 58.7 Å². The Bertz CT molecular complexity index is 336. The Kier molecular flexibility index (Phi) is 10.2. The third-order valence-corrected chi connectivity index (χ3v) is 142. The second-order valence-corrected chi connectivity index (χ2v) is 85.5. The first-order valence-corrected chi connectivity index (χ1v) is 36.0. The van der Waals surface area contributed by atoms with Gasteiger partial charge in [-0.3, -0.25) is 7.35 Å². The standard InChI is InChI=1S/C15H45Si7.K/c1-17(2,3)20(10,11)16(21(12,13)18(4,5)6)22(14,15)19(7,8)9;/h1-15H3;/q-1;+1. The quantitative estimate of drug-likeness (QED) is 0.534. The molecule has 0 amide bonds.